The Morgan fingerprint density at radius 3 is 1.41 bits per heavy atom. The van der Waals surface area contributed by atoms with Crippen molar-refractivity contribution in [2.75, 3.05) is 36.2 Å². The minimum atomic E-state index is -0.449. The van der Waals surface area contributed by atoms with Gasteiger partial charge in [-0.3, -0.25) is 19.3 Å². The number of rotatable bonds is 14. The molecule has 2 N–H and O–H groups in total. The topological polar surface area (TPSA) is 117 Å². The average Bonchev–Trinajstić information content (AvgIpc) is 3.34. The highest BCUT2D eigenvalue weighted by atomic mass is 16.5. The minimum Gasteiger partial charge on any atom is -0.494 e. The van der Waals surface area contributed by atoms with Crippen molar-refractivity contribution < 1.29 is 34.1 Å². The summed E-state index contributed by atoms with van der Waals surface area (Å²) in [6.07, 6.45) is 4.92. The smallest absolute Gasteiger partial charge is 0.265 e. The molecule has 9 nitrogen and oxygen atoms in total. The van der Waals surface area contributed by atoms with Crippen molar-refractivity contribution in [1.29, 1.82) is 0 Å². The Labute approximate surface area is 255 Å². The van der Waals surface area contributed by atoms with Gasteiger partial charge in [-0.05, 0) is 111 Å². The number of benzene rings is 4. The lowest BCUT2D eigenvalue weighted by molar-refractivity contribution is 0.0892. The number of nitrogens with zero attached hydrogens (tertiary/aromatic N) is 2. The van der Waals surface area contributed by atoms with Crippen LogP contribution in [0.2, 0.25) is 0 Å². The first-order valence-corrected chi connectivity index (χ1v) is 15.0. The summed E-state index contributed by atoms with van der Waals surface area (Å²) in [4.78, 5) is 43.9. The summed E-state index contributed by atoms with van der Waals surface area (Å²) < 4.78 is 11.6. The highest BCUT2D eigenvalue weighted by Crippen LogP contribution is 2.46. The molecule has 0 aromatic heterocycles. The highest BCUT2D eigenvalue weighted by Gasteiger charge is 2.39. The van der Waals surface area contributed by atoms with E-state index in [0.29, 0.717) is 69.2 Å². The van der Waals surface area contributed by atoms with Gasteiger partial charge >= 0.3 is 0 Å². The molecule has 0 unspecified atom stereocenters. The normalized spacial score (nSPS) is 13.7. The van der Waals surface area contributed by atoms with Crippen molar-refractivity contribution in [3.05, 3.63) is 89.5 Å². The van der Waals surface area contributed by atoms with Crippen LogP contribution in [0.3, 0.4) is 0 Å². The molecule has 4 aromatic carbocycles. The third-order valence-corrected chi connectivity index (χ3v) is 8.01. The summed E-state index contributed by atoms with van der Waals surface area (Å²) in [5, 5.41) is 18.9. The zero-order chi connectivity index (χ0) is 30.6. The standard InChI is InChI=1S/C35H34N2O7/c38-19-3-1-5-21-43-25-11-7-23(8-12-25)36-30-18-17-28-31-27(15-16-29(32(30)31)33(36)40)34(41)37(35(28)42)24-9-13-26(14-10-24)44-22-6-2-4-20-39/h7-18,38-39H,1-6,19-22H2. The average molecular weight is 595 g/mol. The summed E-state index contributed by atoms with van der Waals surface area (Å²) in [5.74, 6) is 0.197. The van der Waals surface area contributed by atoms with Crippen LogP contribution in [0, 0.1) is 0 Å². The maximum Gasteiger partial charge on any atom is 0.265 e. The molecule has 0 radical (unpaired) electrons. The molecular formula is C35H34N2O7. The molecular weight excluding hydrogens is 560 g/mol. The van der Waals surface area contributed by atoms with Crippen LogP contribution >= 0.6 is 0 Å². The van der Waals surface area contributed by atoms with Crippen LogP contribution in [0.15, 0.2) is 72.8 Å². The quantitative estimate of drug-likeness (QED) is 0.136. The largest absolute Gasteiger partial charge is 0.494 e. The Morgan fingerprint density at radius 2 is 0.909 bits per heavy atom. The molecule has 2 aliphatic rings. The van der Waals surface area contributed by atoms with Gasteiger partial charge in [0.1, 0.15) is 11.5 Å². The van der Waals surface area contributed by atoms with Crippen LogP contribution in [0.25, 0.3) is 10.8 Å². The van der Waals surface area contributed by atoms with Crippen LogP contribution < -0.4 is 19.3 Å². The lowest BCUT2D eigenvalue weighted by Gasteiger charge is -2.27. The van der Waals surface area contributed by atoms with Gasteiger partial charge in [-0.25, -0.2) is 4.90 Å². The van der Waals surface area contributed by atoms with Crippen molar-refractivity contribution in [2.45, 2.75) is 38.5 Å². The van der Waals surface area contributed by atoms with Gasteiger partial charge < -0.3 is 19.7 Å². The fraction of sp³-hybridized carbons (Fsp3) is 0.286. The highest BCUT2D eigenvalue weighted by molar-refractivity contribution is 6.40. The van der Waals surface area contributed by atoms with Crippen molar-refractivity contribution in [2.24, 2.45) is 0 Å². The summed E-state index contributed by atoms with van der Waals surface area (Å²) >= 11 is 0. The molecule has 226 valence electrons. The molecule has 0 aliphatic carbocycles. The van der Waals surface area contributed by atoms with E-state index in [1.54, 1.807) is 53.4 Å². The number of carbonyl (C=O) groups excluding carboxylic acids is 3. The third-order valence-electron chi connectivity index (χ3n) is 8.01. The Balaban J connectivity index is 1.24. The summed E-state index contributed by atoms with van der Waals surface area (Å²) in [6.45, 7) is 1.40. The Kier molecular flexibility index (Phi) is 8.58. The van der Waals surface area contributed by atoms with Crippen LogP contribution in [-0.2, 0) is 0 Å². The van der Waals surface area contributed by atoms with Gasteiger partial charge in [0.2, 0.25) is 0 Å². The summed E-state index contributed by atoms with van der Waals surface area (Å²) in [7, 11) is 0. The zero-order valence-corrected chi connectivity index (χ0v) is 24.3. The van der Waals surface area contributed by atoms with E-state index in [1.165, 1.54) is 4.90 Å². The van der Waals surface area contributed by atoms with Crippen molar-refractivity contribution in [3.8, 4) is 11.5 Å². The van der Waals surface area contributed by atoms with Crippen LogP contribution in [0.4, 0.5) is 17.1 Å². The van der Waals surface area contributed by atoms with E-state index in [-0.39, 0.29) is 19.1 Å². The van der Waals surface area contributed by atoms with Crippen LogP contribution in [0.5, 0.6) is 11.5 Å². The first-order chi connectivity index (χ1) is 21.5. The van der Waals surface area contributed by atoms with Crippen LogP contribution in [-0.4, -0.2) is 54.4 Å². The molecule has 2 aliphatic heterocycles. The van der Waals surface area contributed by atoms with Gasteiger partial charge in [0.05, 0.1) is 30.2 Å². The molecule has 0 saturated heterocycles. The second-order valence-corrected chi connectivity index (χ2v) is 10.9. The molecule has 44 heavy (non-hydrogen) atoms. The fourth-order valence-electron chi connectivity index (χ4n) is 5.80. The second kappa shape index (κ2) is 12.9. The van der Waals surface area contributed by atoms with Gasteiger partial charge in [-0.2, -0.15) is 0 Å². The van der Waals surface area contributed by atoms with Crippen molar-refractivity contribution >= 4 is 45.6 Å². The Hall–Kier alpha value is -4.73. The van der Waals surface area contributed by atoms with Crippen LogP contribution in [0.1, 0.15) is 69.6 Å². The lowest BCUT2D eigenvalue weighted by atomic mass is 9.91. The molecule has 9 heteroatoms. The number of amides is 3. The monoisotopic (exact) mass is 594 g/mol. The number of aliphatic hydroxyl groups is 2. The maximum atomic E-state index is 13.8. The molecule has 3 amide bonds. The summed E-state index contributed by atoms with van der Waals surface area (Å²) in [6, 6.07) is 20.9. The lowest BCUT2D eigenvalue weighted by Crippen LogP contribution is -2.40. The first kappa shape index (κ1) is 29.3. The molecule has 0 atom stereocenters. The van der Waals surface area contributed by atoms with Gasteiger partial charge in [-0.15, -0.1) is 0 Å². The molecule has 6 rings (SSSR count). The number of unbranched alkanes of at least 4 members (excludes halogenated alkanes) is 4. The number of carbonyl (C=O) groups is 3. The molecule has 4 aromatic rings. The molecule has 0 spiro atoms. The van der Waals surface area contributed by atoms with E-state index in [9.17, 15) is 14.4 Å². The van der Waals surface area contributed by atoms with Gasteiger partial charge in [-0.1, -0.05) is 0 Å². The number of imide groups is 1. The minimum absolute atomic E-state index is 0.165. The van der Waals surface area contributed by atoms with E-state index in [4.69, 9.17) is 19.7 Å². The number of ether oxygens (including phenoxy) is 2. The van der Waals surface area contributed by atoms with Gasteiger partial charge in [0.15, 0.2) is 0 Å². The first-order valence-electron chi connectivity index (χ1n) is 15.0. The molecule has 0 fully saturated rings. The van der Waals surface area contributed by atoms with E-state index < -0.39 is 11.8 Å². The van der Waals surface area contributed by atoms with Crippen molar-refractivity contribution in [3.63, 3.8) is 0 Å². The van der Waals surface area contributed by atoms with E-state index in [2.05, 4.69) is 0 Å². The van der Waals surface area contributed by atoms with E-state index in [0.717, 1.165) is 38.5 Å². The van der Waals surface area contributed by atoms with Gasteiger partial charge in [0.25, 0.3) is 17.7 Å². The number of hydrogen-bond acceptors (Lipinski definition) is 7. The van der Waals surface area contributed by atoms with E-state index >= 15 is 0 Å². The maximum absolute atomic E-state index is 13.8. The third kappa shape index (κ3) is 5.40. The predicted molar refractivity (Wildman–Crippen MR) is 167 cm³/mol. The van der Waals surface area contributed by atoms with Crippen molar-refractivity contribution in [1.82, 2.24) is 0 Å². The molecule has 0 bridgehead atoms. The predicted octanol–water partition coefficient (Wildman–Crippen LogP) is 6.02. The number of anilines is 3. The SMILES string of the molecule is O=C1c2ccc3c4c(ccc(c24)C(=O)N1c1ccc(OCCCCCO)cc1)N(c1ccc(OCCCCCO)cc1)C3=O. The zero-order valence-electron chi connectivity index (χ0n) is 24.3. The molecule has 2 heterocycles. The number of aliphatic hydroxyl groups excluding tert-OH is 2. The molecule has 0 saturated carbocycles. The number of hydrogen-bond donors (Lipinski definition) is 2. The van der Waals surface area contributed by atoms with Gasteiger partial charge in [0, 0.05) is 40.8 Å². The fourth-order valence-corrected chi connectivity index (χ4v) is 5.80. The summed E-state index contributed by atoms with van der Waals surface area (Å²) in [5.41, 5.74) is 2.88. The Bertz CT molecular complexity index is 1680. The van der Waals surface area contributed by atoms with E-state index in [1.807, 2.05) is 24.3 Å². The second-order valence-electron chi connectivity index (χ2n) is 10.9. The Morgan fingerprint density at radius 1 is 0.477 bits per heavy atom.